The van der Waals surface area contributed by atoms with E-state index in [9.17, 15) is 9.18 Å². The van der Waals surface area contributed by atoms with Crippen molar-refractivity contribution in [3.63, 3.8) is 0 Å². The fraction of sp³-hybridized carbons (Fsp3) is 0.182. The fourth-order valence-electron chi connectivity index (χ4n) is 2.56. The Bertz CT molecular complexity index is 875. The first kappa shape index (κ1) is 18.6. The zero-order valence-electron chi connectivity index (χ0n) is 15.0. The van der Waals surface area contributed by atoms with Gasteiger partial charge >= 0.3 is 5.97 Å². The third-order valence-electron chi connectivity index (χ3n) is 3.99. The highest BCUT2D eigenvalue weighted by Gasteiger charge is 2.09. The van der Waals surface area contributed by atoms with Crippen LogP contribution in [0.5, 0.6) is 11.5 Å². The molecule has 0 aliphatic heterocycles. The van der Waals surface area contributed by atoms with Gasteiger partial charge in [0.1, 0.15) is 17.3 Å². The van der Waals surface area contributed by atoms with E-state index in [2.05, 4.69) is 4.98 Å². The third-order valence-corrected chi connectivity index (χ3v) is 3.99. The van der Waals surface area contributed by atoms with Crippen LogP contribution < -0.4 is 9.47 Å². The second-order valence-electron chi connectivity index (χ2n) is 5.96. The number of esters is 1. The van der Waals surface area contributed by atoms with E-state index in [4.69, 9.17) is 9.47 Å². The molecule has 0 aliphatic rings. The second kappa shape index (κ2) is 8.94. The quantitative estimate of drug-likeness (QED) is 0.573. The predicted octanol–water partition coefficient (Wildman–Crippen LogP) is 4.62. The number of hydrogen-bond acceptors (Lipinski definition) is 4. The van der Waals surface area contributed by atoms with Gasteiger partial charge < -0.3 is 9.47 Å². The number of ether oxygens (including phenoxy) is 2. The van der Waals surface area contributed by atoms with E-state index < -0.39 is 5.97 Å². The monoisotopic (exact) mass is 365 g/mol. The number of halogens is 1. The van der Waals surface area contributed by atoms with Gasteiger partial charge in [0, 0.05) is 5.69 Å². The van der Waals surface area contributed by atoms with Crippen LogP contribution in [0, 0.1) is 5.82 Å². The largest absolute Gasteiger partial charge is 0.494 e. The van der Waals surface area contributed by atoms with Gasteiger partial charge in [-0.2, -0.15) is 0 Å². The Kier molecular flexibility index (Phi) is 6.15. The first-order valence-corrected chi connectivity index (χ1v) is 8.78. The van der Waals surface area contributed by atoms with Crippen molar-refractivity contribution in [1.29, 1.82) is 0 Å². The van der Waals surface area contributed by atoms with Crippen LogP contribution in [0.1, 0.15) is 28.5 Å². The average molecular weight is 365 g/mol. The predicted molar refractivity (Wildman–Crippen MR) is 101 cm³/mol. The van der Waals surface area contributed by atoms with E-state index in [1.807, 2.05) is 13.0 Å². The summed E-state index contributed by atoms with van der Waals surface area (Å²) in [6.07, 6.45) is 3.02. The van der Waals surface area contributed by atoms with Crippen molar-refractivity contribution in [1.82, 2.24) is 4.98 Å². The van der Waals surface area contributed by atoms with Gasteiger partial charge in [-0.05, 0) is 73.9 Å². The third kappa shape index (κ3) is 5.38. The maximum atomic E-state index is 12.9. The van der Waals surface area contributed by atoms with Gasteiger partial charge in [-0.15, -0.1) is 0 Å². The van der Waals surface area contributed by atoms with Crippen molar-refractivity contribution < 1.29 is 18.7 Å². The molecule has 0 atom stereocenters. The van der Waals surface area contributed by atoms with E-state index in [0.29, 0.717) is 23.7 Å². The van der Waals surface area contributed by atoms with Gasteiger partial charge in [0.2, 0.25) is 0 Å². The molecule has 138 valence electrons. The van der Waals surface area contributed by atoms with E-state index in [-0.39, 0.29) is 5.82 Å². The van der Waals surface area contributed by atoms with Crippen LogP contribution in [-0.4, -0.2) is 17.6 Å². The summed E-state index contributed by atoms with van der Waals surface area (Å²) >= 11 is 0. The fourth-order valence-corrected chi connectivity index (χ4v) is 2.56. The van der Waals surface area contributed by atoms with Gasteiger partial charge in [0.05, 0.1) is 18.4 Å². The topological polar surface area (TPSA) is 48.4 Å². The Morgan fingerprint density at radius 3 is 2.26 bits per heavy atom. The van der Waals surface area contributed by atoms with E-state index >= 15 is 0 Å². The number of aromatic nitrogens is 1. The van der Waals surface area contributed by atoms with Crippen LogP contribution >= 0.6 is 0 Å². The smallest absolute Gasteiger partial charge is 0.343 e. The molecule has 2 aromatic carbocycles. The summed E-state index contributed by atoms with van der Waals surface area (Å²) in [6, 6.07) is 16.8. The average Bonchev–Trinajstić information content (AvgIpc) is 2.69. The number of carbonyl (C=O) groups excluding carboxylic acids is 1. The Morgan fingerprint density at radius 1 is 0.926 bits per heavy atom. The molecular formula is C22H20FNO3. The van der Waals surface area contributed by atoms with Crippen LogP contribution in [0.3, 0.4) is 0 Å². The molecule has 3 aromatic rings. The summed E-state index contributed by atoms with van der Waals surface area (Å²) in [7, 11) is 0. The summed E-state index contributed by atoms with van der Waals surface area (Å²) in [5.41, 5.74) is 2.36. The van der Waals surface area contributed by atoms with Gasteiger partial charge in [-0.3, -0.25) is 4.98 Å². The zero-order valence-corrected chi connectivity index (χ0v) is 15.0. The van der Waals surface area contributed by atoms with Crippen LogP contribution in [0.15, 0.2) is 66.9 Å². The Balaban J connectivity index is 1.55. The van der Waals surface area contributed by atoms with Gasteiger partial charge in [-0.25, -0.2) is 9.18 Å². The summed E-state index contributed by atoms with van der Waals surface area (Å²) in [5, 5.41) is 0. The minimum absolute atomic E-state index is 0.240. The minimum atomic E-state index is -0.445. The molecule has 0 radical (unpaired) electrons. The summed E-state index contributed by atoms with van der Waals surface area (Å²) in [4.78, 5) is 16.5. The Labute approximate surface area is 157 Å². The van der Waals surface area contributed by atoms with Crippen molar-refractivity contribution in [3.8, 4) is 11.5 Å². The van der Waals surface area contributed by atoms with Crippen LogP contribution in [0.2, 0.25) is 0 Å². The molecular weight excluding hydrogens is 345 g/mol. The van der Waals surface area contributed by atoms with Gasteiger partial charge in [-0.1, -0.05) is 12.1 Å². The molecule has 0 saturated carbocycles. The number of benzene rings is 2. The number of nitrogens with zero attached hydrogens (tertiary/aromatic N) is 1. The van der Waals surface area contributed by atoms with E-state index in [0.717, 1.165) is 24.1 Å². The molecule has 0 saturated heterocycles. The number of rotatable bonds is 7. The van der Waals surface area contributed by atoms with Crippen molar-refractivity contribution in [2.75, 3.05) is 6.61 Å². The molecule has 1 aromatic heterocycles. The maximum absolute atomic E-state index is 12.9. The van der Waals surface area contributed by atoms with Crippen LogP contribution in [-0.2, 0) is 12.8 Å². The molecule has 4 nitrogen and oxygen atoms in total. The molecule has 0 unspecified atom stereocenters. The summed E-state index contributed by atoms with van der Waals surface area (Å²) in [5.74, 6) is 0.412. The van der Waals surface area contributed by atoms with Gasteiger partial charge in [0.15, 0.2) is 0 Å². The first-order valence-electron chi connectivity index (χ1n) is 8.78. The minimum Gasteiger partial charge on any atom is -0.494 e. The first-order chi connectivity index (χ1) is 13.1. The number of aryl methyl sites for hydroxylation is 2. The molecule has 27 heavy (non-hydrogen) atoms. The van der Waals surface area contributed by atoms with Crippen LogP contribution in [0.4, 0.5) is 4.39 Å². The molecule has 0 amide bonds. The van der Waals surface area contributed by atoms with Crippen molar-refractivity contribution in [3.05, 3.63) is 89.5 Å². The van der Waals surface area contributed by atoms with Crippen molar-refractivity contribution >= 4 is 5.97 Å². The standard InChI is InChI=1S/C22H20FNO3/c1-2-26-20-12-6-17(7-13-20)22(25)27-21-14-11-19(24-15-21)10-5-16-3-8-18(23)9-4-16/h3-4,6-9,11-15H,2,5,10H2,1H3. The normalized spacial score (nSPS) is 10.4. The highest BCUT2D eigenvalue weighted by molar-refractivity contribution is 5.91. The number of carbonyl (C=O) groups is 1. The lowest BCUT2D eigenvalue weighted by molar-refractivity contribution is 0.0734. The lowest BCUT2D eigenvalue weighted by atomic mass is 10.1. The summed E-state index contributed by atoms with van der Waals surface area (Å²) in [6.45, 7) is 2.47. The highest BCUT2D eigenvalue weighted by atomic mass is 19.1. The molecule has 3 rings (SSSR count). The van der Waals surface area contributed by atoms with E-state index in [1.165, 1.54) is 18.3 Å². The zero-order chi connectivity index (χ0) is 19.1. The second-order valence-corrected chi connectivity index (χ2v) is 5.96. The lowest BCUT2D eigenvalue weighted by Gasteiger charge is -2.07. The van der Waals surface area contributed by atoms with Crippen molar-refractivity contribution in [2.45, 2.75) is 19.8 Å². The Morgan fingerprint density at radius 2 is 1.63 bits per heavy atom. The van der Waals surface area contributed by atoms with E-state index in [1.54, 1.807) is 42.5 Å². The summed E-state index contributed by atoms with van der Waals surface area (Å²) < 4.78 is 23.6. The maximum Gasteiger partial charge on any atom is 0.343 e. The molecule has 5 heteroatoms. The molecule has 0 spiro atoms. The van der Waals surface area contributed by atoms with Crippen molar-refractivity contribution in [2.24, 2.45) is 0 Å². The number of pyridine rings is 1. The molecule has 1 heterocycles. The molecule has 0 aliphatic carbocycles. The Hall–Kier alpha value is -3.21. The molecule has 0 bridgehead atoms. The number of hydrogen-bond donors (Lipinski definition) is 0. The van der Waals surface area contributed by atoms with Gasteiger partial charge in [0.25, 0.3) is 0 Å². The SMILES string of the molecule is CCOc1ccc(C(=O)Oc2ccc(CCc3ccc(F)cc3)nc2)cc1. The lowest BCUT2D eigenvalue weighted by Crippen LogP contribution is -2.08. The molecule has 0 N–H and O–H groups in total. The highest BCUT2D eigenvalue weighted by Crippen LogP contribution is 2.16. The van der Waals surface area contributed by atoms with Crippen LogP contribution in [0.25, 0.3) is 0 Å². The molecule has 0 fully saturated rings.